The van der Waals surface area contributed by atoms with E-state index in [9.17, 15) is 0 Å². The third-order valence-corrected chi connectivity index (χ3v) is 1.95. The summed E-state index contributed by atoms with van der Waals surface area (Å²) in [5, 5.41) is 0.306. The topological polar surface area (TPSA) is 55.0 Å². The molecule has 0 aliphatic carbocycles. The lowest BCUT2D eigenvalue weighted by Gasteiger charge is -2.16. The molecule has 0 atom stereocenters. The molecule has 2 N–H and O–H groups in total. The van der Waals surface area contributed by atoms with E-state index in [0.717, 1.165) is 6.54 Å². The minimum atomic E-state index is 0.306. The van der Waals surface area contributed by atoms with Gasteiger partial charge in [-0.3, -0.25) is 0 Å². The van der Waals surface area contributed by atoms with Crippen molar-refractivity contribution in [3.05, 3.63) is 11.5 Å². The fourth-order valence-corrected chi connectivity index (χ4v) is 0.948. The molecule has 0 spiro atoms. The maximum absolute atomic E-state index is 5.71. The van der Waals surface area contributed by atoms with E-state index in [2.05, 4.69) is 9.97 Å². The summed E-state index contributed by atoms with van der Waals surface area (Å²) in [7, 11) is 1.90. The zero-order chi connectivity index (χ0) is 9.14. The van der Waals surface area contributed by atoms with Gasteiger partial charge in [-0.05, 0) is 6.92 Å². The molecule has 4 nitrogen and oxygen atoms in total. The molecule has 1 heterocycles. The molecule has 0 saturated carbocycles. The highest BCUT2D eigenvalue weighted by Crippen LogP contribution is 2.24. The lowest BCUT2D eigenvalue weighted by Crippen LogP contribution is -2.19. The van der Waals surface area contributed by atoms with Crippen molar-refractivity contribution < 1.29 is 0 Å². The van der Waals surface area contributed by atoms with Gasteiger partial charge in [0, 0.05) is 13.6 Å². The molecule has 1 aromatic heterocycles. The van der Waals surface area contributed by atoms with Gasteiger partial charge in [0.1, 0.15) is 12.0 Å². The number of hydrogen-bond acceptors (Lipinski definition) is 4. The SMILES string of the molecule is CCN(C)c1ncnc(Cl)c1N. The predicted octanol–water partition coefficient (Wildman–Crippen LogP) is 1.17. The summed E-state index contributed by atoms with van der Waals surface area (Å²) in [6.45, 7) is 2.84. The van der Waals surface area contributed by atoms with E-state index >= 15 is 0 Å². The fourth-order valence-electron chi connectivity index (χ4n) is 0.820. The second-order valence-electron chi connectivity index (χ2n) is 2.42. The van der Waals surface area contributed by atoms with Crippen LogP contribution >= 0.6 is 11.6 Å². The molecule has 1 rings (SSSR count). The number of anilines is 2. The summed E-state index contributed by atoms with van der Waals surface area (Å²) in [4.78, 5) is 9.68. The van der Waals surface area contributed by atoms with E-state index in [1.807, 2.05) is 18.9 Å². The Kier molecular flexibility index (Phi) is 2.70. The molecule has 0 aromatic carbocycles. The van der Waals surface area contributed by atoms with Crippen LogP contribution in [0.3, 0.4) is 0 Å². The molecule has 66 valence electrons. The molecule has 0 fully saturated rings. The highest BCUT2D eigenvalue weighted by atomic mass is 35.5. The maximum Gasteiger partial charge on any atom is 0.157 e. The average molecular weight is 187 g/mol. The molecular formula is C7H11ClN4. The highest BCUT2D eigenvalue weighted by Gasteiger charge is 2.08. The first kappa shape index (κ1) is 9.06. The lowest BCUT2D eigenvalue weighted by molar-refractivity contribution is 0.932. The Morgan fingerprint density at radius 1 is 1.58 bits per heavy atom. The van der Waals surface area contributed by atoms with Gasteiger partial charge >= 0.3 is 0 Å². The van der Waals surface area contributed by atoms with Gasteiger partial charge in [0.15, 0.2) is 11.0 Å². The van der Waals surface area contributed by atoms with Crippen molar-refractivity contribution in [3.8, 4) is 0 Å². The number of nitrogens with zero attached hydrogens (tertiary/aromatic N) is 3. The maximum atomic E-state index is 5.71. The van der Waals surface area contributed by atoms with Gasteiger partial charge in [0.2, 0.25) is 0 Å². The van der Waals surface area contributed by atoms with E-state index in [-0.39, 0.29) is 0 Å². The predicted molar refractivity (Wildman–Crippen MR) is 50.4 cm³/mol. The number of aromatic nitrogens is 2. The van der Waals surface area contributed by atoms with Gasteiger partial charge in [-0.25, -0.2) is 9.97 Å². The third-order valence-electron chi connectivity index (χ3n) is 1.65. The summed E-state index contributed by atoms with van der Waals surface area (Å²) < 4.78 is 0. The molecule has 0 bridgehead atoms. The largest absolute Gasteiger partial charge is 0.393 e. The Balaban J connectivity index is 3.07. The van der Waals surface area contributed by atoms with Gasteiger partial charge in [0.25, 0.3) is 0 Å². The Bertz CT molecular complexity index is 276. The monoisotopic (exact) mass is 186 g/mol. The van der Waals surface area contributed by atoms with Crippen LogP contribution < -0.4 is 10.6 Å². The van der Waals surface area contributed by atoms with E-state index in [0.29, 0.717) is 16.7 Å². The van der Waals surface area contributed by atoms with Crippen molar-refractivity contribution in [2.75, 3.05) is 24.2 Å². The number of rotatable bonds is 2. The van der Waals surface area contributed by atoms with Crippen molar-refractivity contribution in [1.29, 1.82) is 0 Å². The molecule has 0 amide bonds. The van der Waals surface area contributed by atoms with Crippen molar-refractivity contribution in [3.63, 3.8) is 0 Å². The van der Waals surface area contributed by atoms with Crippen molar-refractivity contribution in [2.24, 2.45) is 0 Å². The molecule has 5 heteroatoms. The normalized spacial score (nSPS) is 9.92. The molecule has 0 radical (unpaired) electrons. The van der Waals surface area contributed by atoms with E-state index in [1.165, 1.54) is 6.33 Å². The summed E-state index contributed by atoms with van der Waals surface area (Å²) in [5.41, 5.74) is 6.09. The zero-order valence-electron chi connectivity index (χ0n) is 7.08. The minimum absolute atomic E-state index is 0.306. The summed E-state index contributed by atoms with van der Waals surface area (Å²) >= 11 is 5.71. The molecule has 12 heavy (non-hydrogen) atoms. The lowest BCUT2D eigenvalue weighted by atomic mass is 10.4. The zero-order valence-corrected chi connectivity index (χ0v) is 7.84. The summed E-state index contributed by atoms with van der Waals surface area (Å²) in [6.07, 6.45) is 1.40. The molecule has 0 aliphatic heterocycles. The van der Waals surface area contributed by atoms with Crippen LogP contribution in [-0.4, -0.2) is 23.6 Å². The van der Waals surface area contributed by atoms with Crippen LogP contribution in [0.1, 0.15) is 6.92 Å². The van der Waals surface area contributed by atoms with Crippen LogP contribution in [-0.2, 0) is 0 Å². The standard InChI is InChI=1S/C7H11ClN4/c1-3-12(2)7-5(9)6(8)10-4-11-7/h4H,3,9H2,1-2H3. The van der Waals surface area contributed by atoms with Crippen molar-refractivity contribution >= 4 is 23.1 Å². The number of nitrogen functional groups attached to an aromatic ring is 1. The second-order valence-corrected chi connectivity index (χ2v) is 2.77. The van der Waals surface area contributed by atoms with E-state index in [1.54, 1.807) is 0 Å². The van der Waals surface area contributed by atoms with Gasteiger partial charge < -0.3 is 10.6 Å². The number of halogens is 1. The van der Waals surface area contributed by atoms with Gasteiger partial charge in [-0.2, -0.15) is 0 Å². The first-order valence-electron chi connectivity index (χ1n) is 3.64. The van der Waals surface area contributed by atoms with Crippen LogP contribution in [0.2, 0.25) is 5.15 Å². The van der Waals surface area contributed by atoms with Gasteiger partial charge in [-0.1, -0.05) is 11.6 Å². The van der Waals surface area contributed by atoms with Gasteiger partial charge in [-0.15, -0.1) is 0 Å². The average Bonchev–Trinajstić information content (AvgIpc) is 2.08. The van der Waals surface area contributed by atoms with Gasteiger partial charge in [0.05, 0.1) is 0 Å². The van der Waals surface area contributed by atoms with Crippen LogP contribution in [0, 0.1) is 0 Å². The molecule has 0 aliphatic rings. The van der Waals surface area contributed by atoms with Crippen LogP contribution in [0.15, 0.2) is 6.33 Å². The second kappa shape index (κ2) is 3.58. The molecule has 0 unspecified atom stereocenters. The van der Waals surface area contributed by atoms with Crippen LogP contribution in [0.4, 0.5) is 11.5 Å². The molecule has 1 aromatic rings. The first-order chi connectivity index (χ1) is 5.66. The molecular weight excluding hydrogens is 176 g/mol. The first-order valence-corrected chi connectivity index (χ1v) is 4.01. The minimum Gasteiger partial charge on any atom is -0.393 e. The number of nitrogens with two attached hydrogens (primary N) is 1. The Labute approximate surface area is 76.4 Å². The Morgan fingerprint density at radius 3 is 2.83 bits per heavy atom. The van der Waals surface area contributed by atoms with E-state index < -0.39 is 0 Å². The van der Waals surface area contributed by atoms with Crippen molar-refractivity contribution in [1.82, 2.24) is 9.97 Å². The smallest absolute Gasteiger partial charge is 0.157 e. The third kappa shape index (κ3) is 1.58. The van der Waals surface area contributed by atoms with Crippen LogP contribution in [0.5, 0.6) is 0 Å². The quantitative estimate of drug-likeness (QED) is 0.705. The summed E-state index contributed by atoms with van der Waals surface area (Å²) in [6, 6.07) is 0. The fraction of sp³-hybridized carbons (Fsp3) is 0.429. The Morgan fingerprint density at radius 2 is 2.25 bits per heavy atom. The van der Waals surface area contributed by atoms with Crippen LogP contribution in [0.25, 0.3) is 0 Å². The Hall–Kier alpha value is -1.03. The molecule has 0 saturated heterocycles. The summed E-state index contributed by atoms with van der Waals surface area (Å²) in [5.74, 6) is 0.678. The number of hydrogen-bond donors (Lipinski definition) is 1. The highest BCUT2D eigenvalue weighted by molar-refractivity contribution is 6.32. The van der Waals surface area contributed by atoms with E-state index in [4.69, 9.17) is 17.3 Å². The van der Waals surface area contributed by atoms with Crippen molar-refractivity contribution in [2.45, 2.75) is 6.92 Å².